The van der Waals surface area contributed by atoms with Crippen LogP contribution in [0.4, 0.5) is 4.39 Å². The molecule has 0 heterocycles. The van der Waals surface area contributed by atoms with Crippen molar-refractivity contribution in [3.8, 4) is 11.5 Å². The molecule has 0 fully saturated rings. The molecule has 0 N–H and O–H groups in total. The molecule has 0 aliphatic carbocycles. The van der Waals surface area contributed by atoms with Gasteiger partial charge in [-0.05, 0) is 24.3 Å². The Balaban J connectivity index is 2.29. The average molecular weight is 394 g/mol. The van der Waals surface area contributed by atoms with E-state index in [1.54, 1.807) is 12.1 Å². The van der Waals surface area contributed by atoms with E-state index in [4.69, 9.17) is 32.7 Å². The molecule has 0 amide bonds. The van der Waals surface area contributed by atoms with Crippen LogP contribution in [-0.2, 0) is 11.9 Å². The number of rotatable bonds is 5. The van der Waals surface area contributed by atoms with E-state index < -0.39 is 0 Å². The molecule has 0 atom stereocenters. The van der Waals surface area contributed by atoms with E-state index in [0.717, 1.165) is 5.56 Å². The first-order valence-electron chi connectivity index (χ1n) is 6.04. The third-order valence-corrected chi connectivity index (χ3v) is 3.90. The summed E-state index contributed by atoms with van der Waals surface area (Å²) >= 11 is 15.2. The Labute approximate surface area is 140 Å². The van der Waals surface area contributed by atoms with Crippen molar-refractivity contribution in [2.75, 3.05) is 7.11 Å². The summed E-state index contributed by atoms with van der Waals surface area (Å²) in [5, 5.41) is 1.54. The van der Waals surface area contributed by atoms with Gasteiger partial charge < -0.3 is 9.47 Å². The quantitative estimate of drug-likeness (QED) is 0.614. The molecule has 0 bridgehead atoms. The smallest absolute Gasteiger partial charge is 0.165 e. The minimum Gasteiger partial charge on any atom is -0.493 e. The predicted molar refractivity (Wildman–Crippen MR) is 86.4 cm³/mol. The number of hydrogen-bond donors (Lipinski definition) is 0. The zero-order chi connectivity index (χ0) is 15.4. The lowest BCUT2D eigenvalue weighted by Crippen LogP contribution is -2.02. The first-order valence-corrected chi connectivity index (χ1v) is 7.92. The number of ether oxygens (including phenoxy) is 2. The fourth-order valence-corrected chi connectivity index (χ4v) is 2.68. The molecule has 21 heavy (non-hydrogen) atoms. The maximum atomic E-state index is 13.7. The van der Waals surface area contributed by atoms with Crippen molar-refractivity contribution in [3.63, 3.8) is 0 Å². The van der Waals surface area contributed by atoms with E-state index in [9.17, 15) is 4.39 Å². The summed E-state index contributed by atoms with van der Waals surface area (Å²) in [6.45, 7) is 0.0460. The van der Waals surface area contributed by atoms with Crippen LogP contribution < -0.4 is 9.47 Å². The summed E-state index contributed by atoms with van der Waals surface area (Å²) in [5.41, 5.74) is 1.20. The minimum atomic E-state index is -0.368. The second kappa shape index (κ2) is 7.34. The van der Waals surface area contributed by atoms with Crippen LogP contribution in [0.2, 0.25) is 10.0 Å². The van der Waals surface area contributed by atoms with Crippen LogP contribution in [0.15, 0.2) is 30.3 Å². The molecule has 0 radical (unpaired) electrons. The van der Waals surface area contributed by atoms with Crippen LogP contribution >= 0.6 is 39.1 Å². The van der Waals surface area contributed by atoms with Crippen molar-refractivity contribution in [2.45, 2.75) is 11.9 Å². The summed E-state index contributed by atoms with van der Waals surface area (Å²) in [6, 6.07) is 7.76. The molecule has 2 aromatic carbocycles. The van der Waals surface area contributed by atoms with Crippen molar-refractivity contribution >= 4 is 39.1 Å². The van der Waals surface area contributed by atoms with Gasteiger partial charge in [0.1, 0.15) is 12.4 Å². The number of benzene rings is 2. The molecule has 0 aliphatic rings. The molecular formula is C15H12BrCl2FO2. The fraction of sp³-hybridized carbons (Fsp3) is 0.200. The summed E-state index contributed by atoms with van der Waals surface area (Å²) < 4.78 is 24.7. The Kier molecular flexibility index (Phi) is 5.73. The van der Waals surface area contributed by atoms with Gasteiger partial charge in [0.15, 0.2) is 11.5 Å². The Morgan fingerprint density at radius 3 is 2.48 bits per heavy atom. The largest absolute Gasteiger partial charge is 0.493 e. The molecule has 0 unspecified atom stereocenters. The average Bonchev–Trinajstić information content (AvgIpc) is 2.48. The van der Waals surface area contributed by atoms with Crippen molar-refractivity contribution in [1.29, 1.82) is 0 Å². The molecule has 0 aliphatic heterocycles. The van der Waals surface area contributed by atoms with Crippen LogP contribution in [0.1, 0.15) is 11.1 Å². The van der Waals surface area contributed by atoms with E-state index in [-0.39, 0.29) is 12.4 Å². The third-order valence-electron chi connectivity index (χ3n) is 2.84. The summed E-state index contributed by atoms with van der Waals surface area (Å²) in [5.74, 6) is 0.658. The summed E-state index contributed by atoms with van der Waals surface area (Å²) in [6.07, 6.45) is 0. The van der Waals surface area contributed by atoms with E-state index >= 15 is 0 Å². The monoisotopic (exact) mass is 392 g/mol. The molecule has 0 saturated carbocycles. The molecular weight excluding hydrogens is 382 g/mol. The highest BCUT2D eigenvalue weighted by Crippen LogP contribution is 2.36. The van der Waals surface area contributed by atoms with Gasteiger partial charge in [0.05, 0.1) is 7.11 Å². The van der Waals surface area contributed by atoms with Crippen molar-refractivity contribution in [2.24, 2.45) is 0 Å². The molecule has 0 spiro atoms. The Morgan fingerprint density at radius 2 is 1.81 bits per heavy atom. The second-order valence-corrected chi connectivity index (χ2v) is 5.69. The summed E-state index contributed by atoms with van der Waals surface area (Å²) in [4.78, 5) is 0. The Hall–Kier alpha value is -0.970. The normalized spacial score (nSPS) is 10.5. The van der Waals surface area contributed by atoms with Gasteiger partial charge in [-0.3, -0.25) is 0 Å². The van der Waals surface area contributed by atoms with E-state index in [2.05, 4.69) is 15.9 Å². The standard InChI is InChI=1S/C15H12BrCl2FO2/c1-20-14-6-12(18)4-9(7-16)15(14)21-8-10-5-11(17)2-3-13(10)19/h2-6H,7-8H2,1H3. The first-order chi connectivity index (χ1) is 10.0. The van der Waals surface area contributed by atoms with E-state index in [1.165, 1.54) is 25.3 Å². The zero-order valence-electron chi connectivity index (χ0n) is 11.1. The lowest BCUT2D eigenvalue weighted by Gasteiger charge is -2.15. The molecule has 2 nitrogen and oxygen atoms in total. The zero-order valence-corrected chi connectivity index (χ0v) is 14.2. The topological polar surface area (TPSA) is 18.5 Å². The van der Waals surface area contributed by atoms with Crippen LogP contribution in [-0.4, -0.2) is 7.11 Å². The fourth-order valence-electron chi connectivity index (χ4n) is 1.84. The van der Waals surface area contributed by atoms with Crippen LogP contribution in [0.25, 0.3) is 0 Å². The molecule has 2 aromatic rings. The molecule has 6 heteroatoms. The number of methoxy groups -OCH3 is 1. The maximum absolute atomic E-state index is 13.7. The number of halogens is 4. The van der Waals surface area contributed by atoms with Gasteiger partial charge in [0.2, 0.25) is 0 Å². The van der Waals surface area contributed by atoms with Gasteiger partial charge >= 0.3 is 0 Å². The molecule has 0 saturated heterocycles. The van der Waals surface area contributed by atoms with Gasteiger partial charge in [-0.15, -0.1) is 0 Å². The summed E-state index contributed by atoms with van der Waals surface area (Å²) in [7, 11) is 1.52. The van der Waals surface area contributed by atoms with Gasteiger partial charge in [-0.1, -0.05) is 39.1 Å². The van der Waals surface area contributed by atoms with Crippen molar-refractivity contribution in [1.82, 2.24) is 0 Å². The SMILES string of the molecule is COc1cc(Cl)cc(CBr)c1OCc1cc(Cl)ccc1F. The molecule has 112 valence electrons. The van der Waals surface area contributed by atoms with Gasteiger partial charge in [-0.25, -0.2) is 4.39 Å². The number of hydrogen-bond acceptors (Lipinski definition) is 2. The third kappa shape index (κ3) is 4.02. The maximum Gasteiger partial charge on any atom is 0.165 e. The van der Waals surface area contributed by atoms with Gasteiger partial charge in [0.25, 0.3) is 0 Å². The lowest BCUT2D eigenvalue weighted by atomic mass is 10.2. The highest BCUT2D eigenvalue weighted by Gasteiger charge is 2.13. The molecule has 0 aromatic heterocycles. The lowest BCUT2D eigenvalue weighted by molar-refractivity contribution is 0.277. The highest BCUT2D eigenvalue weighted by atomic mass is 79.9. The minimum absolute atomic E-state index is 0.0460. The van der Waals surface area contributed by atoms with Crippen LogP contribution in [0.3, 0.4) is 0 Å². The van der Waals surface area contributed by atoms with Crippen LogP contribution in [0, 0.1) is 5.82 Å². The van der Waals surface area contributed by atoms with Gasteiger partial charge in [0, 0.05) is 32.6 Å². The van der Waals surface area contributed by atoms with E-state index in [1.807, 2.05) is 0 Å². The van der Waals surface area contributed by atoms with Gasteiger partial charge in [-0.2, -0.15) is 0 Å². The Morgan fingerprint density at radius 1 is 1.10 bits per heavy atom. The van der Waals surface area contributed by atoms with Crippen molar-refractivity contribution < 1.29 is 13.9 Å². The van der Waals surface area contributed by atoms with E-state index in [0.29, 0.717) is 32.4 Å². The van der Waals surface area contributed by atoms with Crippen LogP contribution in [0.5, 0.6) is 11.5 Å². The predicted octanol–water partition coefficient (Wildman–Crippen LogP) is 5.62. The highest BCUT2D eigenvalue weighted by molar-refractivity contribution is 9.08. The number of alkyl halides is 1. The Bertz CT molecular complexity index is 625. The van der Waals surface area contributed by atoms with Crippen molar-refractivity contribution in [3.05, 3.63) is 57.3 Å². The second-order valence-electron chi connectivity index (χ2n) is 4.25. The first kappa shape index (κ1) is 16.4. The molecule has 2 rings (SSSR count).